The molecule has 0 spiro atoms. The van der Waals surface area contributed by atoms with Crippen LogP contribution in [0.15, 0.2) is 34.0 Å². The number of aromatic nitrogens is 2. The molecule has 2 aromatic rings. The molecule has 3 heterocycles. The predicted octanol–water partition coefficient (Wildman–Crippen LogP) is 2.07. The molecule has 1 fully saturated rings. The van der Waals surface area contributed by atoms with E-state index >= 15 is 0 Å². The van der Waals surface area contributed by atoms with Crippen LogP contribution in [0.4, 0.5) is 0 Å². The maximum atomic E-state index is 13.3. The van der Waals surface area contributed by atoms with Gasteiger partial charge >= 0.3 is 0 Å². The summed E-state index contributed by atoms with van der Waals surface area (Å²) < 4.78 is 33.1. The van der Waals surface area contributed by atoms with Crippen molar-refractivity contribution in [2.24, 2.45) is 0 Å². The third-order valence-electron chi connectivity index (χ3n) is 6.03. The number of H-pyrrole nitrogens is 1. The highest BCUT2D eigenvalue weighted by atomic mass is 32.2. The number of benzene rings is 1. The molecule has 1 aromatic heterocycles. The van der Waals surface area contributed by atoms with Crippen LogP contribution in [0.1, 0.15) is 49.8 Å². The van der Waals surface area contributed by atoms with Gasteiger partial charge < -0.3 is 9.72 Å². The van der Waals surface area contributed by atoms with E-state index in [1.165, 1.54) is 4.31 Å². The largest absolute Gasteiger partial charge is 0.497 e. The Morgan fingerprint density at radius 2 is 1.93 bits per heavy atom. The summed E-state index contributed by atoms with van der Waals surface area (Å²) in [4.78, 5) is 22.9. The molecule has 0 bridgehead atoms. The van der Waals surface area contributed by atoms with Gasteiger partial charge in [0, 0.05) is 32.1 Å². The van der Waals surface area contributed by atoms with Crippen molar-refractivity contribution in [2.45, 2.75) is 56.6 Å². The first-order chi connectivity index (χ1) is 14.3. The molecule has 9 heteroatoms. The molecule has 162 valence electrons. The number of aromatic amines is 1. The Balaban J connectivity index is 1.65. The number of fused-ring (bicyclic) bond motifs is 1. The van der Waals surface area contributed by atoms with Crippen molar-refractivity contribution >= 4 is 10.0 Å². The number of hydrogen-bond donors (Lipinski definition) is 1. The summed E-state index contributed by atoms with van der Waals surface area (Å²) in [5.41, 5.74) is 1.33. The van der Waals surface area contributed by atoms with Crippen molar-refractivity contribution in [3.8, 4) is 5.75 Å². The molecule has 2 aliphatic heterocycles. The van der Waals surface area contributed by atoms with Crippen LogP contribution in [0.5, 0.6) is 5.75 Å². The van der Waals surface area contributed by atoms with Crippen LogP contribution in [-0.4, -0.2) is 53.8 Å². The van der Waals surface area contributed by atoms with Gasteiger partial charge in [-0.15, -0.1) is 0 Å². The third-order valence-corrected chi connectivity index (χ3v) is 7.95. The number of hydrogen-bond acceptors (Lipinski definition) is 6. The minimum Gasteiger partial charge on any atom is -0.497 e. The van der Waals surface area contributed by atoms with Crippen LogP contribution in [0.25, 0.3) is 0 Å². The van der Waals surface area contributed by atoms with Crippen LogP contribution in [-0.2, 0) is 23.0 Å². The molecular weight excluding hydrogens is 404 g/mol. The fraction of sp³-hybridized carbons (Fsp3) is 0.524. The molecule has 1 aromatic carbocycles. The lowest BCUT2D eigenvalue weighted by Gasteiger charge is -2.31. The zero-order valence-electron chi connectivity index (χ0n) is 17.6. The van der Waals surface area contributed by atoms with Gasteiger partial charge in [0.1, 0.15) is 11.6 Å². The maximum absolute atomic E-state index is 13.3. The van der Waals surface area contributed by atoms with E-state index in [0.717, 1.165) is 18.7 Å². The Kier molecular flexibility index (Phi) is 5.69. The minimum absolute atomic E-state index is 0.158. The number of nitrogens with one attached hydrogen (secondary N) is 1. The molecule has 1 atom stereocenters. The van der Waals surface area contributed by atoms with E-state index in [0.29, 0.717) is 49.1 Å². The van der Waals surface area contributed by atoms with Gasteiger partial charge in [0.25, 0.3) is 5.56 Å². The summed E-state index contributed by atoms with van der Waals surface area (Å²) in [5, 5.41) is 0. The van der Waals surface area contributed by atoms with E-state index in [-0.39, 0.29) is 10.5 Å². The Bertz CT molecular complexity index is 1080. The lowest BCUT2D eigenvalue weighted by Crippen LogP contribution is -2.40. The first-order valence-electron chi connectivity index (χ1n) is 10.3. The fourth-order valence-electron chi connectivity index (χ4n) is 4.25. The molecule has 1 saturated heterocycles. The van der Waals surface area contributed by atoms with Crippen LogP contribution in [0.2, 0.25) is 0 Å². The highest BCUT2D eigenvalue weighted by molar-refractivity contribution is 7.89. The summed E-state index contributed by atoms with van der Waals surface area (Å²) in [7, 11) is -2.17. The fourth-order valence-corrected chi connectivity index (χ4v) is 5.91. The van der Waals surface area contributed by atoms with Gasteiger partial charge in [0.2, 0.25) is 10.0 Å². The highest BCUT2D eigenvalue weighted by Crippen LogP contribution is 2.35. The standard InChI is InChI=1S/C21H28N4O4S/c1-14(2)24-12-10-18-17(13-24)21(26)23-20(22-18)19-5-4-11-25(19)30(27,28)16-8-6-15(29-3)7-9-16/h6-9,14,19H,4-5,10-13H2,1-3H3,(H,22,23,26)/t19-/m0/s1. The predicted molar refractivity (Wildman–Crippen MR) is 113 cm³/mol. The summed E-state index contributed by atoms with van der Waals surface area (Å²) in [5.74, 6) is 1.05. The topological polar surface area (TPSA) is 95.6 Å². The molecule has 2 aliphatic rings. The van der Waals surface area contributed by atoms with Gasteiger partial charge in [0.15, 0.2) is 0 Å². The van der Waals surface area contributed by atoms with E-state index in [1.807, 2.05) is 0 Å². The molecular formula is C21H28N4O4S. The third kappa shape index (κ3) is 3.77. The maximum Gasteiger partial charge on any atom is 0.255 e. The minimum atomic E-state index is -3.71. The van der Waals surface area contributed by atoms with Crippen molar-refractivity contribution in [3.05, 3.63) is 51.7 Å². The van der Waals surface area contributed by atoms with E-state index in [9.17, 15) is 13.2 Å². The lowest BCUT2D eigenvalue weighted by atomic mass is 10.0. The Labute approximate surface area is 176 Å². The quantitative estimate of drug-likeness (QED) is 0.777. The molecule has 0 radical (unpaired) electrons. The number of ether oxygens (including phenoxy) is 1. The second-order valence-corrected chi connectivity index (χ2v) is 10.0. The van der Waals surface area contributed by atoms with Gasteiger partial charge in [-0.2, -0.15) is 4.31 Å². The normalized spacial score (nSPS) is 20.5. The monoisotopic (exact) mass is 432 g/mol. The first-order valence-corrected chi connectivity index (χ1v) is 11.8. The van der Waals surface area contributed by atoms with Crippen molar-refractivity contribution in [1.29, 1.82) is 0 Å². The molecule has 0 unspecified atom stereocenters. The van der Waals surface area contributed by atoms with E-state index in [2.05, 4.69) is 23.7 Å². The molecule has 0 aliphatic carbocycles. The SMILES string of the molecule is COc1ccc(S(=O)(=O)N2CCC[C@H]2c2nc3c(c(=O)[nH]2)CN(C(C)C)CC3)cc1. The molecule has 1 N–H and O–H groups in total. The van der Waals surface area contributed by atoms with Crippen molar-refractivity contribution in [1.82, 2.24) is 19.2 Å². The van der Waals surface area contributed by atoms with Crippen molar-refractivity contribution < 1.29 is 13.2 Å². The van der Waals surface area contributed by atoms with E-state index < -0.39 is 16.1 Å². The first kappa shape index (κ1) is 21.0. The van der Waals surface area contributed by atoms with Gasteiger partial charge in [0.05, 0.1) is 29.3 Å². The van der Waals surface area contributed by atoms with Crippen molar-refractivity contribution in [2.75, 3.05) is 20.2 Å². The Hall–Kier alpha value is -2.23. The van der Waals surface area contributed by atoms with Crippen LogP contribution < -0.4 is 10.3 Å². The lowest BCUT2D eigenvalue weighted by molar-refractivity contribution is 0.200. The molecule has 8 nitrogen and oxygen atoms in total. The molecule has 4 rings (SSSR count). The summed E-state index contributed by atoms with van der Waals surface area (Å²) in [6.07, 6.45) is 2.06. The molecule has 0 saturated carbocycles. The number of methoxy groups -OCH3 is 1. The summed E-state index contributed by atoms with van der Waals surface area (Å²) in [6.45, 7) is 6.05. The summed E-state index contributed by atoms with van der Waals surface area (Å²) >= 11 is 0. The van der Waals surface area contributed by atoms with Crippen LogP contribution >= 0.6 is 0 Å². The second kappa shape index (κ2) is 8.13. The molecule has 30 heavy (non-hydrogen) atoms. The van der Waals surface area contributed by atoms with Crippen LogP contribution in [0, 0.1) is 0 Å². The smallest absolute Gasteiger partial charge is 0.255 e. The average molecular weight is 433 g/mol. The molecule has 0 amide bonds. The number of nitrogens with zero attached hydrogens (tertiary/aromatic N) is 3. The van der Waals surface area contributed by atoms with Gasteiger partial charge in [-0.05, 0) is 51.0 Å². The van der Waals surface area contributed by atoms with Crippen LogP contribution in [0.3, 0.4) is 0 Å². The zero-order chi connectivity index (χ0) is 21.5. The Morgan fingerprint density at radius 1 is 1.20 bits per heavy atom. The second-order valence-electron chi connectivity index (χ2n) is 8.14. The number of rotatable bonds is 5. The Morgan fingerprint density at radius 3 is 2.60 bits per heavy atom. The van der Waals surface area contributed by atoms with Gasteiger partial charge in [-0.3, -0.25) is 9.69 Å². The van der Waals surface area contributed by atoms with E-state index in [4.69, 9.17) is 9.72 Å². The van der Waals surface area contributed by atoms with Gasteiger partial charge in [-0.1, -0.05) is 0 Å². The number of sulfonamides is 1. The summed E-state index contributed by atoms with van der Waals surface area (Å²) in [6, 6.07) is 6.27. The van der Waals surface area contributed by atoms with Crippen molar-refractivity contribution in [3.63, 3.8) is 0 Å². The average Bonchev–Trinajstić information content (AvgIpc) is 3.24. The zero-order valence-corrected chi connectivity index (χ0v) is 18.4. The van der Waals surface area contributed by atoms with E-state index in [1.54, 1.807) is 31.4 Å². The van der Waals surface area contributed by atoms with Gasteiger partial charge in [-0.25, -0.2) is 13.4 Å². The highest BCUT2D eigenvalue weighted by Gasteiger charge is 2.38.